The van der Waals surface area contributed by atoms with E-state index in [0.717, 1.165) is 21.0 Å². The van der Waals surface area contributed by atoms with Crippen LogP contribution in [-0.4, -0.2) is 0 Å². The number of nitrogens with zero attached hydrogens (tertiary/aromatic N) is 1. The van der Waals surface area contributed by atoms with E-state index in [1.165, 1.54) is 0 Å². The van der Waals surface area contributed by atoms with Crippen molar-refractivity contribution in [2.24, 2.45) is 0 Å². The van der Waals surface area contributed by atoms with E-state index in [2.05, 4.69) is 22.0 Å². The fraction of sp³-hybridized carbons (Fsp3) is 0. The summed E-state index contributed by atoms with van der Waals surface area (Å²) in [5.74, 6) is 1.31. The Hall–Kier alpha value is -2.31. The van der Waals surface area contributed by atoms with E-state index < -0.39 is 0 Å². The minimum Gasteiger partial charge on any atom is -0.455 e. The zero-order chi connectivity index (χ0) is 13.9. The van der Waals surface area contributed by atoms with Crippen molar-refractivity contribution in [1.29, 1.82) is 5.26 Å². The second-order valence-corrected chi connectivity index (χ2v) is 5.25. The van der Waals surface area contributed by atoms with E-state index in [1.807, 2.05) is 48.5 Å². The van der Waals surface area contributed by atoms with Crippen LogP contribution in [0, 0.1) is 11.3 Å². The molecule has 0 aliphatic heterocycles. The molecule has 0 fully saturated rings. The second-order valence-electron chi connectivity index (χ2n) is 4.33. The van der Waals surface area contributed by atoms with E-state index in [1.54, 1.807) is 12.1 Å². The van der Waals surface area contributed by atoms with Crippen LogP contribution < -0.4 is 4.74 Å². The number of ether oxygens (including phenoxy) is 1. The van der Waals surface area contributed by atoms with Gasteiger partial charge in [-0.05, 0) is 29.7 Å². The number of fused-ring (bicyclic) bond motifs is 1. The van der Waals surface area contributed by atoms with E-state index in [-0.39, 0.29) is 0 Å². The Morgan fingerprint density at radius 3 is 2.55 bits per heavy atom. The lowest BCUT2D eigenvalue weighted by Gasteiger charge is -2.10. The SMILES string of the molecule is N#Cc1cc(Br)ccc1Oc1cccc2ccccc12. The highest BCUT2D eigenvalue weighted by molar-refractivity contribution is 9.10. The van der Waals surface area contributed by atoms with E-state index in [4.69, 9.17) is 4.74 Å². The van der Waals surface area contributed by atoms with Crippen LogP contribution in [0.25, 0.3) is 10.8 Å². The lowest BCUT2D eigenvalue weighted by molar-refractivity contribution is 0.486. The molecule has 3 aromatic rings. The molecule has 0 radical (unpaired) electrons. The highest BCUT2D eigenvalue weighted by Gasteiger charge is 2.07. The van der Waals surface area contributed by atoms with Crippen molar-refractivity contribution < 1.29 is 4.74 Å². The maximum absolute atomic E-state index is 9.18. The number of hydrogen-bond donors (Lipinski definition) is 0. The van der Waals surface area contributed by atoms with Gasteiger partial charge in [0.05, 0.1) is 5.56 Å². The van der Waals surface area contributed by atoms with Gasteiger partial charge in [0.1, 0.15) is 17.6 Å². The number of rotatable bonds is 2. The van der Waals surface area contributed by atoms with Gasteiger partial charge in [0, 0.05) is 9.86 Å². The first-order valence-corrected chi connectivity index (χ1v) is 6.92. The average Bonchev–Trinajstić information content (AvgIpc) is 2.49. The second kappa shape index (κ2) is 5.36. The van der Waals surface area contributed by atoms with Crippen LogP contribution in [-0.2, 0) is 0 Å². The predicted octanol–water partition coefficient (Wildman–Crippen LogP) is 5.27. The Morgan fingerprint density at radius 2 is 1.70 bits per heavy atom. The van der Waals surface area contributed by atoms with E-state index >= 15 is 0 Å². The molecule has 3 aromatic carbocycles. The maximum atomic E-state index is 9.18. The first-order valence-electron chi connectivity index (χ1n) is 6.13. The first kappa shape index (κ1) is 12.7. The van der Waals surface area contributed by atoms with Gasteiger partial charge in [0.15, 0.2) is 0 Å². The summed E-state index contributed by atoms with van der Waals surface area (Å²) in [5, 5.41) is 11.3. The predicted molar refractivity (Wildman–Crippen MR) is 82.9 cm³/mol. The molecule has 0 heterocycles. The molecular weight excluding hydrogens is 314 g/mol. The van der Waals surface area contributed by atoms with Gasteiger partial charge in [0.25, 0.3) is 0 Å². The summed E-state index contributed by atoms with van der Waals surface area (Å²) < 4.78 is 6.79. The molecule has 0 bridgehead atoms. The van der Waals surface area contributed by atoms with Crippen LogP contribution in [0.1, 0.15) is 5.56 Å². The van der Waals surface area contributed by atoms with Crippen molar-refractivity contribution in [2.45, 2.75) is 0 Å². The largest absolute Gasteiger partial charge is 0.455 e. The third kappa shape index (κ3) is 2.38. The topological polar surface area (TPSA) is 33.0 Å². The van der Waals surface area contributed by atoms with Crippen LogP contribution in [0.5, 0.6) is 11.5 Å². The molecule has 0 aliphatic carbocycles. The van der Waals surface area contributed by atoms with Gasteiger partial charge in [0.2, 0.25) is 0 Å². The van der Waals surface area contributed by atoms with Crippen molar-refractivity contribution >= 4 is 26.7 Å². The minimum absolute atomic E-state index is 0.507. The zero-order valence-corrected chi connectivity index (χ0v) is 12.1. The van der Waals surface area contributed by atoms with Crippen molar-refractivity contribution in [3.8, 4) is 17.6 Å². The molecule has 0 atom stereocenters. The Kier molecular flexibility index (Phi) is 3.41. The number of nitriles is 1. The molecule has 20 heavy (non-hydrogen) atoms. The molecule has 0 N–H and O–H groups in total. The van der Waals surface area contributed by atoms with E-state index in [0.29, 0.717) is 11.3 Å². The van der Waals surface area contributed by atoms with Crippen molar-refractivity contribution in [3.05, 3.63) is 70.7 Å². The standard InChI is InChI=1S/C17H10BrNO/c18-14-8-9-16(13(10-14)11-19)20-17-7-3-5-12-4-1-2-6-15(12)17/h1-10H. The molecule has 0 aliphatic rings. The van der Waals surface area contributed by atoms with Crippen LogP contribution in [0.4, 0.5) is 0 Å². The molecular formula is C17H10BrNO. The highest BCUT2D eigenvalue weighted by Crippen LogP contribution is 2.32. The molecule has 0 saturated heterocycles. The maximum Gasteiger partial charge on any atom is 0.145 e. The third-order valence-corrected chi connectivity index (χ3v) is 3.52. The summed E-state index contributed by atoms with van der Waals surface area (Å²) in [7, 11) is 0. The smallest absolute Gasteiger partial charge is 0.145 e. The molecule has 3 rings (SSSR count). The lowest BCUT2D eigenvalue weighted by Crippen LogP contribution is -1.89. The van der Waals surface area contributed by atoms with Gasteiger partial charge in [-0.3, -0.25) is 0 Å². The van der Waals surface area contributed by atoms with Crippen LogP contribution in [0.3, 0.4) is 0 Å². The van der Waals surface area contributed by atoms with Crippen molar-refractivity contribution in [2.75, 3.05) is 0 Å². The summed E-state index contributed by atoms with van der Waals surface area (Å²) in [6.07, 6.45) is 0. The molecule has 0 spiro atoms. The number of halogens is 1. The lowest BCUT2D eigenvalue weighted by atomic mass is 10.1. The first-order chi connectivity index (χ1) is 9.78. The summed E-state index contributed by atoms with van der Waals surface area (Å²) in [6.45, 7) is 0. The fourth-order valence-corrected chi connectivity index (χ4v) is 2.44. The van der Waals surface area contributed by atoms with Crippen LogP contribution in [0.15, 0.2) is 65.1 Å². The third-order valence-electron chi connectivity index (χ3n) is 3.03. The van der Waals surface area contributed by atoms with Gasteiger partial charge in [-0.1, -0.05) is 52.3 Å². The van der Waals surface area contributed by atoms with Gasteiger partial charge in [-0.2, -0.15) is 5.26 Å². The monoisotopic (exact) mass is 323 g/mol. The Morgan fingerprint density at radius 1 is 0.900 bits per heavy atom. The highest BCUT2D eigenvalue weighted by atomic mass is 79.9. The normalized spacial score (nSPS) is 10.2. The minimum atomic E-state index is 0.507. The summed E-state index contributed by atoms with van der Waals surface area (Å²) in [4.78, 5) is 0. The Labute approximate surface area is 125 Å². The zero-order valence-electron chi connectivity index (χ0n) is 10.5. The van der Waals surface area contributed by atoms with Crippen LogP contribution >= 0.6 is 15.9 Å². The Bertz CT molecular complexity index is 815. The van der Waals surface area contributed by atoms with Crippen molar-refractivity contribution in [3.63, 3.8) is 0 Å². The molecule has 3 heteroatoms. The van der Waals surface area contributed by atoms with Crippen LogP contribution in [0.2, 0.25) is 0 Å². The molecule has 0 aromatic heterocycles. The molecule has 2 nitrogen and oxygen atoms in total. The average molecular weight is 324 g/mol. The summed E-state index contributed by atoms with van der Waals surface area (Å²) in [6, 6.07) is 21.5. The van der Waals surface area contributed by atoms with Gasteiger partial charge >= 0.3 is 0 Å². The van der Waals surface area contributed by atoms with Gasteiger partial charge in [-0.15, -0.1) is 0 Å². The number of hydrogen-bond acceptors (Lipinski definition) is 2. The van der Waals surface area contributed by atoms with Crippen molar-refractivity contribution in [1.82, 2.24) is 0 Å². The van der Waals surface area contributed by atoms with Gasteiger partial charge in [-0.25, -0.2) is 0 Å². The molecule has 96 valence electrons. The number of benzene rings is 3. The fourth-order valence-electron chi connectivity index (χ4n) is 2.08. The van der Waals surface area contributed by atoms with Gasteiger partial charge < -0.3 is 4.74 Å². The molecule has 0 saturated carbocycles. The molecule has 0 amide bonds. The van der Waals surface area contributed by atoms with E-state index in [9.17, 15) is 5.26 Å². The Balaban J connectivity index is 2.08. The summed E-state index contributed by atoms with van der Waals surface area (Å²) >= 11 is 3.36. The molecule has 0 unspecified atom stereocenters. The summed E-state index contributed by atoms with van der Waals surface area (Å²) in [5.41, 5.74) is 0.507. The quantitative estimate of drug-likeness (QED) is 0.643.